The van der Waals surface area contributed by atoms with Gasteiger partial charge in [0.25, 0.3) is 5.91 Å². The summed E-state index contributed by atoms with van der Waals surface area (Å²) in [6.07, 6.45) is 0. The Morgan fingerprint density at radius 1 is 0.958 bits per heavy atom. The van der Waals surface area contributed by atoms with E-state index >= 15 is 0 Å². The van der Waals surface area contributed by atoms with Gasteiger partial charge < -0.3 is 9.32 Å². The van der Waals surface area contributed by atoms with Crippen molar-refractivity contribution in [3.8, 4) is 0 Å². The van der Waals surface area contributed by atoms with E-state index in [1.165, 1.54) is 0 Å². The highest BCUT2D eigenvalue weighted by molar-refractivity contribution is 5.98. The van der Waals surface area contributed by atoms with Crippen molar-refractivity contribution in [2.45, 2.75) is 19.9 Å². The predicted octanol–water partition coefficient (Wildman–Crippen LogP) is 3.58. The van der Waals surface area contributed by atoms with Gasteiger partial charge in [0.1, 0.15) is 5.58 Å². The lowest BCUT2D eigenvalue weighted by Gasteiger charge is -2.20. The zero-order chi connectivity index (χ0) is 17.0. The first kappa shape index (κ1) is 14.7. The fourth-order valence-corrected chi connectivity index (χ4v) is 3.34. The molecule has 0 unspecified atom stereocenters. The van der Waals surface area contributed by atoms with Gasteiger partial charge in [-0.3, -0.25) is 9.59 Å². The Morgan fingerprint density at radius 3 is 2.33 bits per heavy atom. The van der Waals surface area contributed by atoms with E-state index in [2.05, 4.69) is 0 Å². The average Bonchev–Trinajstić information content (AvgIpc) is 2.82. The standard InChI is InChI=1S/C20H17NO3/c1-11-4-7-13(8-5-11)17-16-18(22)14-10-12(2)6-9-15(14)24-19(16)20(23)21(17)3/h4-10,17H,1-3H3/t17-/m1/s1. The lowest BCUT2D eigenvalue weighted by Crippen LogP contribution is -2.25. The van der Waals surface area contributed by atoms with Gasteiger partial charge in [0.05, 0.1) is 17.0 Å². The minimum atomic E-state index is -0.408. The van der Waals surface area contributed by atoms with Gasteiger partial charge in [0, 0.05) is 7.05 Å². The van der Waals surface area contributed by atoms with Crippen molar-refractivity contribution in [1.82, 2.24) is 4.90 Å². The van der Waals surface area contributed by atoms with Gasteiger partial charge in [-0.1, -0.05) is 41.5 Å². The van der Waals surface area contributed by atoms with Gasteiger partial charge in [-0.05, 0) is 31.5 Å². The van der Waals surface area contributed by atoms with E-state index < -0.39 is 6.04 Å². The van der Waals surface area contributed by atoms with Crippen LogP contribution in [0, 0.1) is 13.8 Å². The minimum absolute atomic E-state index is 0.127. The topological polar surface area (TPSA) is 50.5 Å². The van der Waals surface area contributed by atoms with E-state index in [1.807, 2.05) is 50.2 Å². The van der Waals surface area contributed by atoms with E-state index in [9.17, 15) is 9.59 Å². The molecule has 0 bridgehead atoms. The van der Waals surface area contributed by atoms with Gasteiger partial charge in [0.15, 0.2) is 5.43 Å². The van der Waals surface area contributed by atoms with Gasteiger partial charge in [-0.25, -0.2) is 0 Å². The van der Waals surface area contributed by atoms with Gasteiger partial charge in [-0.15, -0.1) is 0 Å². The molecule has 4 rings (SSSR count). The summed E-state index contributed by atoms with van der Waals surface area (Å²) >= 11 is 0. The molecule has 1 aliphatic rings. The molecule has 1 aromatic heterocycles. The largest absolute Gasteiger partial charge is 0.450 e. The third kappa shape index (κ3) is 1.99. The van der Waals surface area contributed by atoms with Crippen molar-refractivity contribution in [1.29, 1.82) is 0 Å². The van der Waals surface area contributed by atoms with Crippen molar-refractivity contribution in [3.63, 3.8) is 0 Å². The zero-order valence-electron chi connectivity index (χ0n) is 13.8. The molecule has 2 heterocycles. The van der Waals surface area contributed by atoms with Crippen molar-refractivity contribution in [2.24, 2.45) is 0 Å². The number of benzene rings is 2. The molecular formula is C20H17NO3. The second-order valence-electron chi connectivity index (χ2n) is 6.40. The summed E-state index contributed by atoms with van der Waals surface area (Å²) < 4.78 is 5.81. The summed E-state index contributed by atoms with van der Waals surface area (Å²) in [4.78, 5) is 27.3. The first-order chi connectivity index (χ1) is 11.5. The molecule has 0 saturated carbocycles. The molecule has 4 nitrogen and oxygen atoms in total. The number of nitrogens with zero attached hydrogens (tertiary/aromatic N) is 1. The highest BCUT2D eigenvalue weighted by Gasteiger charge is 2.40. The molecule has 0 spiro atoms. The average molecular weight is 319 g/mol. The molecule has 1 atom stereocenters. The van der Waals surface area contributed by atoms with E-state index in [0.717, 1.165) is 16.7 Å². The summed E-state index contributed by atoms with van der Waals surface area (Å²) in [7, 11) is 1.71. The van der Waals surface area contributed by atoms with E-state index in [0.29, 0.717) is 16.5 Å². The summed E-state index contributed by atoms with van der Waals surface area (Å²) in [5, 5.41) is 0.522. The van der Waals surface area contributed by atoms with Crippen molar-refractivity contribution < 1.29 is 9.21 Å². The van der Waals surface area contributed by atoms with Crippen LogP contribution in [0.25, 0.3) is 11.0 Å². The maximum atomic E-state index is 13.1. The number of aryl methyl sites for hydroxylation is 2. The SMILES string of the molecule is Cc1ccc([C@@H]2c3c(oc4ccc(C)cc4c3=O)C(=O)N2C)cc1. The quantitative estimate of drug-likeness (QED) is 0.689. The molecule has 4 heteroatoms. The number of hydrogen-bond donors (Lipinski definition) is 0. The highest BCUT2D eigenvalue weighted by atomic mass is 16.3. The Hall–Kier alpha value is -2.88. The summed E-state index contributed by atoms with van der Waals surface area (Å²) in [6.45, 7) is 3.94. The Bertz CT molecular complexity index is 1030. The number of carbonyl (C=O) groups excluding carboxylic acids is 1. The Kier molecular flexibility index (Phi) is 3.10. The van der Waals surface area contributed by atoms with Crippen molar-refractivity contribution in [3.05, 3.63) is 80.7 Å². The first-order valence-corrected chi connectivity index (χ1v) is 7.88. The maximum absolute atomic E-state index is 13.1. The normalized spacial score (nSPS) is 16.7. The summed E-state index contributed by atoms with van der Waals surface area (Å²) in [5.74, 6) is -0.0976. The molecule has 0 radical (unpaired) electrons. The van der Waals surface area contributed by atoms with Crippen molar-refractivity contribution >= 4 is 16.9 Å². The first-order valence-electron chi connectivity index (χ1n) is 7.88. The van der Waals surface area contributed by atoms with Crippen LogP contribution in [0.5, 0.6) is 0 Å². The molecule has 1 amide bonds. The molecular weight excluding hydrogens is 302 g/mol. The number of carbonyl (C=O) groups is 1. The second kappa shape index (κ2) is 5.06. The molecule has 1 aliphatic heterocycles. The highest BCUT2D eigenvalue weighted by Crippen LogP contribution is 2.36. The summed E-state index contributed by atoms with van der Waals surface area (Å²) in [5.41, 5.74) is 3.79. The monoisotopic (exact) mass is 319 g/mol. The number of fused-ring (bicyclic) bond motifs is 2. The van der Waals surface area contributed by atoms with E-state index in [4.69, 9.17) is 4.42 Å². The Labute approximate surface area is 139 Å². The van der Waals surface area contributed by atoms with Crippen LogP contribution in [0.3, 0.4) is 0 Å². The number of hydrogen-bond acceptors (Lipinski definition) is 3. The van der Waals surface area contributed by atoms with Crippen LogP contribution in [0.15, 0.2) is 51.7 Å². The van der Waals surface area contributed by atoms with Crippen LogP contribution < -0.4 is 5.43 Å². The Morgan fingerprint density at radius 2 is 1.62 bits per heavy atom. The molecule has 0 saturated heterocycles. The maximum Gasteiger partial charge on any atom is 0.290 e. The molecule has 2 aromatic carbocycles. The van der Waals surface area contributed by atoms with E-state index in [1.54, 1.807) is 18.0 Å². The van der Waals surface area contributed by atoms with Crippen LogP contribution in [0.2, 0.25) is 0 Å². The van der Waals surface area contributed by atoms with E-state index in [-0.39, 0.29) is 17.1 Å². The van der Waals surface area contributed by atoms with Crippen LogP contribution in [0.1, 0.15) is 38.9 Å². The molecule has 0 aliphatic carbocycles. The van der Waals surface area contributed by atoms with Crippen molar-refractivity contribution in [2.75, 3.05) is 7.05 Å². The second-order valence-corrected chi connectivity index (χ2v) is 6.40. The minimum Gasteiger partial charge on any atom is -0.450 e. The van der Waals surface area contributed by atoms with Gasteiger partial charge >= 0.3 is 0 Å². The lowest BCUT2D eigenvalue weighted by atomic mass is 9.97. The van der Waals surface area contributed by atoms with Crippen LogP contribution in [-0.4, -0.2) is 17.9 Å². The third-order valence-electron chi connectivity index (χ3n) is 4.65. The molecule has 120 valence electrons. The van der Waals surface area contributed by atoms with Crippen LogP contribution in [-0.2, 0) is 0 Å². The fraction of sp³-hybridized carbons (Fsp3) is 0.200. The zero-order valence-corrected chi connectivity index (χ0v) is 13.8. The summed E-state index contributed by atoms with van der Waals surface area (Å²) in [6, 6.07) is 12.9. The van der Waals surface area contributed by atoms with Crippen LogP contribution >= 0.6 is 0 Å². The molecule has 24 heavy (non-hydrogen) atoms. The molecule has 3 aromatic rings. The van der Waals surface area contributed by atoms with Crippen LogP contribution in [0.4, 0.5) is 0 Å². The predicted molar refractivity (Wildman–Crippen MR) is 92.3 cm³/mol. The Balaban J connectivity index is 2.03. The number of amides is 1. The smallest absolute Gasteiger partial charge is 0.290 e. The van der Waals surface area contributed by atoms with Gasteiger partial charge in [-0.2, -0.15) is 0 Å². The third-order valence-corrected chi connectivity index (χ3v) is 4.65. The fourth-order valence-electron chi connectivity index (χ4n) is 3.34. The molecule has 0 N–H and O–H groups in total. The molecule has 0 fully saturated rings. The van der Waals surface area contributed by atoms with Gasteiger partial charge in [0.2, 0.25) is 5.76 Å². The number of rotatable bonds is 1. The lowest BCUT2D eigenvalue weighted by molar-refractivity contribution is 0.0771.